The summed E-state index contributed by atoms with van der Waals surface area (Å²) < 4.78 is 51.1. The third-order valence-corrected chi connectivity index (χ3v) is 5.79. The lowest BCUT2D eigenvalue weighted by Crippen LogP contribution is -2.29. The summed E-state index contributed by atoms with van der Waals surface area (Å²) in [5.41, 5.74) is -1.76. The number of hydrogen-bond acceptors (Lipinski definition) is 6. The van der Waals surface area contributed by atoms with E-state index in [0.29, 0.717) is 49.6 Å². The first-order valence-electron chi connectivity index (χ1n) is 9.99. The number of ether oxygens (including phenoxy) is 1. The molecule has 0 aliphatic carbocycles. The van der Waals surface area contributed by atoms with Crippen molar-refractivity contribution in [2.24, 2.45) is 0 Å². The lowest BCUT2D eigenvalue weighted by Gasteiger charge is -2.16. The van der Waals surface area contributed by atoms with Gasteiger partial charge in [0.25, 0.3) is 5.24 Å². The quantitative estimate of drug-likeness (QED) is 0.389. The molecule has 1 saturated heterocycles. The number of hydrogen-bond donors (Lipinski definition) is 0. The molecule has 0 atom stereocenters. The molecule has 168 valence electrons. The number of carbonyl (C=O) groups is 2. The van der Waals surface area contributed by atoms with Crippen molar-refractivity contribution in [3.8, 4) is 5.75 Å². The Bertz CT molecular complexity index is 1020. The summed E-state index contributed by atoms with van der Waals surface area (Å²) in [5, 5.41) is -0.424. The summed E-state index contributed by atoms with van der Waals surface area (Å²) in [6.45, 7) is 2.50. The van der Waals surface area contributed by atoms with Gasteiger partial charge in [-0.05, 0) is 37.8 Å². The van der Waals surface area contributed by atoms with Gasteiger partial charge in [0.2, 0.25) is 5.91 Å². The number of imide groups is 1. The van der Waals surface area contributed by atoms with Crippen molar-refractivity contribution in [2.75, 3.05) is 18.9 Å². The molecule has 0 radical (unpaired) electrons. The minimum Gasteiger partial charge on any atom is -0.493 e. The van der Waals surface area contributed by atoms with Crippen molar-refractivity contribution in [1.29, 1.82) is 0 Å². The van der Waals surface area contributed by atoms with E-state index < -0.39 is 17.4 Å². The van der Waals surface area contributed by atoms with Crippen molar-refractivity contribution in [3.05, 3.63) is 39.7 Å². The van der Waals surface area contributed by atoms with Gasteiger partial charge < -0.3 is 9.15 Å². The Kier molecular flexibility index (Phi) is 7.30. The molecule has 3 rings (SSSR count). The number of alkyl halides is 3. The molecule has 2 aromatic rings. The van der Waals surface area contributed by atoms with Gasteiger partial charge in [-0.3, -0.25) is 14.5 Å². The second-order valence-electron chi connectivity index (χ2n) is 7.15. The van der Waals surface area contributed by atoms with Crippen LogP contribution in [0.4, 0.5) is 18.0 Å². The zero-order chi connectivity index (χ0) is 22.6. The molecule has 1 aromatic heterocycles. The number of benzene rings is 1. The average Bonchev–Trinajstić information content (AvgIpc) is 3.03. The van der Waals surface area contributed by atoms with Crippen molar-refractivity contribution in [1.82, 2.24) is 4.90 Å². The normalized spacial score (nSPS) is 14.6. The van der Waals surface area contributed by atoms with Crippen LogP contribution < -0.4 is 10.4 Å². The molecule has 1 aliphatic heterocycles. The van der Waals surface area contributed by atoms with Gasteiger partial charge in [0.1, 0.15) is 11.3 Å². The Morgan fingerprint density at radius 2 is 1.94 bits per heavy atom. The van der Waals surface area contributed by atoms with E-state index in [1.165, 1.54) is 17.0 Å². The Morgan fingerprint density at radius 3 is 2.58 bits per heavy atom. The lowest BCUT2D eigenvalue weighted by molar-refractivity contribution is -0.136. The maximum Gasteiger partial charge on any atom is 0.417 e. The number of halogens is 3. The molecule has 0 unspecified atom stereocenters. The highest BCUT2D eigenvalue weighted by atomic mass is 32.2. The van der Waals surface area contributed by atoms with Gasteiger partial charge in [-0.15, -0.1) is 0 Å². The fraction of sp³-hybridized carbons (Fsp3) is 0.476. The molecule has 1 fully saturated rings. The highest BCUT2D eigenvalue weighted by molar-refractivity contribution is 8.14. The largest absolute Gasteiger partial charge is 0.493 e. The molecular weight excluding hydrogens is 435 g/mol. The average molecular weight is 457 g/mol. The Labute approximate surface area is 180 Å². The molecule has 0 saturated carbocycles. The van der Waals surface area contributed by atoms with Crippen molar-refractivity contribution in [3.63, 3.8) is 0 Å². The molecule has 1 aliphatic rings. The first-order valence-corrected chi connectivity index (χ1v) is 11.0. The van der Waals surface area contributed by atoms with Crippen LogP contribution in [-0.4, -0.2) is 35.0 Å². The fourth-order valence-electron chi connectivity index (χ4n) is 3.38. The monoisotopic (exact) mass is 457 g/mol. The van der Waals surface area contributed by atoms with E-state index in [1.54, 1.807) is 0 Å². The maximum atomic E-state index is 13.4. The van der Waals surface area contributed by atoms with E-state index in [9.17, 15) is 27.6 Å². The summed E-state index contributed by atoms with van der Waals surface area (Å²) >= 11 is 0.979. The molecule has 2 heterocycles. The highest BCUT2D eigenvalue weighted by Crippen LogP contribution is 2.37. The van der Waals surface area contributed by atoms with E-state index in [0.717, 1.165) is 18.2 Å². The lowest BCUT2D eigenvalue weighted by atomic mass is 10.0. The topological polar surface area (TPSA) is 76.8 Å². The number of rotatable bonds is 9. The van der Waals surface area contributed by atoms with Gasteiger partial charge in [0.15, 0.2) is 0 Å². The van der Waals surface area contributed by atoms with Crippen LogP contribution in [0.2, 0.25) is 0 Å². The molecule has 0 N–H and O–H groups in total. The number of carbonyl (C=O) groups excluding carboxylic acids is 2. The third-order valence-electron chi connectivity index (χ3n) is 4.93. The first kappa shape index (κ1) is 23.2. The van der Waals surface area contributed by atoms with Crippen molar-refractivity contribution in [2.45, 2.75) is 45.2 Å². The Hall–Kier alpha value is -2.49. The zero-order valence-electron chi connectivity index (χ0n) is 16.9. The predicted molar refractivity (Wildman–Crippen MR) is 110 cm³/mol. The molecule has 0 bridgehead atoms. The number of thioether (sulfide) groups is 1. The Morgan fingerprint density at radius 1 is 1.16 bits per heavy atom. The number of nitrogens with zero attached hydrogens (tertiary/aromatic N) is 1. The van der Waals surface area contributed by atoms with E-state index in [1.807, 2.05) is 6.92 Å². The van der Waals surface area contributed by atoms with Gasteiger partial charge in [-0.1, -0.05) is 25.1 Å². The van der Waals surface area contributed by atoms with Crippen molar-refractivity contribution >= 4 is 33.9 Å². The van der Waals surface area contributed by atoms with Crippen LogP contribution >= 0.6 is 11.8 Å². The second kappa shape index (κ2) is 9.76. The number of unbranched alkanes of at least 4 members (excludes halogenated alkanes) is 2. The number of aryl methyl sites for hydroxylation is 1. The summed E-state index contributed by atoms with van der Waals surface area (Å²) in [6, 6.07) is 3.18. The van der Waals surface area contributed by atoms with Crippen LogP contribution in [0.5, 0.6) is 5.75 Å². The summed E-state index contributed by atoms with van der Waals surface area (Å²) in [4.78, 5) is 36.2. The minimum absolute atomic E-state index is 0.101. The summed E-state index contributed by atoms with van der Waals surface area (Å²) in [5.74, 6) is 0.327. The first-order chi connectivity index (χ1) is 14.7. The van der Waals surface area contributed by atoms with Crippen LogP contribution in [0.1, 0.15) is 43.7 Å². The van der Waals surface area contributed by atoms with Gasteiger partial charge in [-0.2, -0.15) is 13.2 Å². The fourth-order valence-corrected chi connectivity index (χ4v) is 4.13. The molecule has 10 heteroatoms. The standard InChI is InChI=1S/C21H22F3NO5S/c1-2-3-6-14-16(29-10-5-4-9-25-17(26)12-31-20(25)28)8-7-13-15(21(22,23)24)11-18(27)30-19(13)14/h7-8,11H,2-6,9-10,12H2,1H3. The summed E-state index contributed by atoms with van der Waals surface area (Å²) in [6.07, 6.45) is -1.70. The van der Waals surface area contributed by atoms with E-state index >= 15 is 0 Å². The molecule has 0 spiro atoms. The van der Waals surface area contributed by atoms with E-state index in [4.69, 9.17) is 9.15 Å². The molecule has 31 heavy (non-hydrogen) atoms. The Balaban J connectivity index is 1.77. The van der Waals surface area contributed by atoms with Crippen LogP contribution in [0.25, 0.3) is 11.0 Å². The van der Waals surface area contributed by atoms with Gasteiger partial charge in [0, 0.05) is 23.6 Å². The van der Waals surface area contributed by atoms with E-state index in [2.05, 4.69) is 0 Å². The minimum atomic E-state index is -4.68. The summed E-state index contributed by atoms with van der Waals surface area (Å²) in [7, 11) is 0. The maximum absolute atomic E-state index is 13.4. The second-order valence-corrected chi connectivity index (χ2v) is 8.08. The number of amides is 2. The van der Waals surface area contributed by atoms with Crippen molar-refractivity contribution < 1.29 is 31.9 Å². The number of fused-ring (bicyclic) bond motifs is 1. The molecule has 6 nitrogen and oxygen atoms in total. The third kappa shape index (κ3) is 5.41. The van der Waals surface area contributed by atoms with Gasteiger partial charge in [0.05, 0.1) is 17.9 Å². The predicted octanol–water partition coefficient (Wildman–Crippen LogP) is 5.01. The van der Waals surface area contributed by atoms with Crippen LogP contribution in [0, 0.1) is 0 Å². The van der Waals surface area contributed by atoms with Crippen LogP contribution in [0.3, 0.4) is 0 Å². The van der Waals surface area contributed by atoms with Crippen LogP contribution in [0.15, 0.2) is 27.4 Å². The smallest absolute Gasteiger partial charge is 0.417 e. The van der Waals surface area contributed by atoms with Gasteiger partial charge in [-0.25, -0.2) is 4.79 Å². The van der Waals surface area contributed by atoms with E-state index in [-0.39, 0.29) is 34.5 Å². The zero-order valence-corrected chi connectivity index (χ0v) is 17.7. The molecule has 1 aromatic carbocycles. The SMILES string of the molecule is CCCCc1c(OCCCCN2C(=O)CSC2=O)ccc2c(C(F)(F)F)cc(=O)oc12. The highest BCUT2D eigenvalue weighted by Gasteiger charge is 2.34. The van der Waals surface area contributed by atoms with Crippen LogP contribution in [-0.2, 0) is 17.4 Å². The molecule has 2 amide bonds. The molecular formula is C21H22F3NO5S. The van der Waals surface area contributed by atoms with Gasteiger partial charge >= 0.3 is 11.8 Å².